The minimum absolute atomic E-state index is 0.756. The molecule has 0 aliphatic carbocycles. The largest absolute Gasteiger partial charge is 0.341 e. The molecule has 0 atom stereocenters. The molecular weight excluding hydrogens is 298 g/mol. The summed E-state index contributed by atoms with van der Waals surface area (Å²) in [6.45, 7) is 6.00. The lowest BCUT2D eigenvalue weighted by molar-refractivity contribution is 0.815. The molecule has 0 aliphatic rings. The molecule has 1 heterocycles. The lowest BCUT2D eigenvalue weighted by Gasteiger charge is -2.18. The number of nitrogens with zero attached hydrogens (tertiary/aromatic N) is 3. The molecule has 0 spiro atoms. The van der Waals surface area contributed by atoms with Crippen LogP contribution in [0.2, 0.25) is 0 Å². The van der Waals surface area contributed by atoms with Crippen molar-refractivity contribution in [3.05, 3.63) is 15.3 Å². The highest BCUT2D eigenvalue weighted by Crippen LogP contribution is 2.17. The smallest absolute Gasteiger partial charge is 0.227 e. The average molecular weight is 309 g/mol. The lowest BCUT2D eigenvalue weighted by Crippen LogP contribution is -2.24. The molecule has 1 aromatic heterocycles. The monoisotopic (exact) mass is 307 g/mol. The van der Waals surface area contributed by atoms with Crippen molar-refractivity contribution in [2.45, 2.75) is 13.8 Å². The molecule has 0 radical (unpaired) electrons. The van der Waals surface area contributed by atoms with E-state index in [9.17, 15) is 0 Å². The van der Waals surface area contributed by atoms with Crippen LogP contribution >= 0.6 is 31.9 Å². The predicted octanol–water partition coefficient (Wildman–Crippen LogP) is 2.85. The van der Waals surface area contributed by atoms with E-state index in [-0.39, 0.29) is 0 Å². The van der Waals surface area contributed by atoms with E-state index in [0.717, 1.165) is 28.2 Å². The van der Waals surface area contributed by atoms with Crippen molar-refractivity contribution in [1.29, 1.82) is 0 Å². The van der Waals surface area contributed by atoms with Gasteiger partial charge in [-0.25, -0.2) is 9.97 Å². The van der Waals surface area contributed by atoms with Gasteiger partial charge in [0.05, 0.1) is 0 Å². The summed E-state index contributed by atoms with van der Waals surface area (Å²) in [7, 11) is 0. The van der Waals surface area contributed by atoms with Gasteiger partial charge in [0.1, 0.15) is 9.21 Å². The zero-order valence-electron chi connectivity index (χ0n) is 7.59. The van der Waals surface area contributed by atoms with Crippen LogP contribution in [0.1, 0.15) is 13.8 Å². The maximum Gasteiger partial charge on any atom is 0.227 e. The topological polar surface area (TPSA) is 29.0 Å². The van der Waals surface area contributed by atoms with Gasteiger partial charge < -0.3 is 4.90 Å². The van der Waals surface area contributed by atoms with E-state index in [4.69, 9.17) is 0 Å². The van der Waals surface area contributed by atoms with Gasteiger partial charge in [-0.05, 0) is 45.7 Å². The van der Waals surface area contributed by atoms with E-state index in [1.54, 1.807) is 0 Å². The van der Waals surface area contributed by atoms with E-state index in [2.05, 4.69) is 60.6 Å². The molecule has 0 N–H and O–H groups in total. The molecule has 0 fully saturated rings. The second-order valence-corrected chi connectivity index (χ2v) is 4.11. The summed E-state index contributed by atoms with van der Waals surface area (Å²) in [5.41, 5.74) is 0. The summed E-state index contributed by atoms with van der Waals surface area (Å²) in [5, 5.41) is 0. The van der Waals surface area contributed by atoms with Crippen molar-refractivity contribution in [1.82, 2.24) is 9.97 Å². The third-order valence-electron chi connectivity index (χ3n) is 1.70. The SMILES string of the molecule is CCN(CC)c1nc(Br)cc(Br)n1. The van der Waals surface area contributed by atoms with E-state index >= 15 is 0 Å². The average Bonchev–Trinajstić information content (AvgIpc) is 2.04. The number of anilines is 1. The van der Waals surface area contributed by atoms with Gasteiger partial charge in [0.15, 0.2) is 0 Å². The van der Waals surface area contributed by atoms with Gasteiger partial charge in [-0.15, -0.1) is 0 Å². The first kappa shape index (κ1) is 10.9. The Balaban J connectivity index is 2.99. The van der Waals surface area contributed by atoms with E-state index in [0.29, 0.717) is 0 Å². The molecule has 13 heavy (non-hydrogen) atoms. The molecule has 3 nitrogen and oxygen atoms in total. The van der Waals surface area contributed by atoms with Crippen molar-refractivity contribution in [3.63, 3.8) is 0 Å². The fourth-order valence-electron chi connectivity index (χ4n) is 1.03. The quantitative estimate of drug-likeness (QED) is 0.804. The molecule has 5 heteroatoms. The Bertz CT molecular complexity index is 266. The molecule has 72 valence electrons. The zero-order chi connectivity index (χ0) is 9.84. The minimum atomic E-state index is 0.756. The number of hydrogen-bond donors (Lipinski definition) is 0. The second-order valence-electron chi connectivity index (χ2n) is 2.49. The summed E-state index contributed by atoms with van der Waals surface area (Å²) in [4.78, 5) is 10.6. The molecule has 0 aromatic carbocycles. The first-order valence-electron chi connectivity index (χ1n) is 4.12. The van der Waals surface area contributed by atoms with Gasteiger partial charge in [0.25, 0.3) is 0 Å². The highest BCUT2D eigenvalue weighted by Gasteiger charge is 2.06. The van der Waals surface area contributed by atoms with Crippen molar-refractivity contribution < 1.29 is 0 Å². The summed E-state index contributed by atoms with van der Waals surface area (Å²) >= 11 is 6.66. The molecule has 0 unspecified atom stereocenters. The first-order valence-corrected chi connectivity index (χ1v) is 5.71. The fourth-order valence-corrected chi connectivity index (χ4v) is 2.08. The van der Waals surface area contributed by atoms with Gasteiger partial charge in [-0.1, -0.05) is 0 Å². The molecule has 0 saturated carbocycles. The van der Waals surface area contributed by atoms with Crippen LogP contribution in [0.3, 0.4) is 0 Å². The molecule has 0 amide bonds. The summed E-state index contributed by atoms with van der Waals surface area (Å²) in [6.07, 6.45) is 0. The van der Waals surface area contributed by atoms with Crippen LogP contribution in [0.5, 0.6) is 0 Å². The van der Waals surface area contributed by atoms with Gasteiger partial charge in [0, 0.05) is 19.2 Å². The van der Waals surface area contributed by atoms with Crippen LogP contribution in [-0.4, -0.2) is 23.1 Å². The van der Waals surface area contributed by atoms with Gasteiger partial charge >= 0.3 is 0 Å². The van der Waals surface area contributed by atoms with Crippen molar-refractivity contribution >= 4 is 37.8 Å². The molecule has 1 rings (SSSR count). The predicted molar refractivity (Wildman–Crippen MR) is 61.0 cm³/mol. The lowest BCUT2D eigenvalue weighted by atomic mass is 10.5. The maximum absolute atomic E-state index is 4.28. The Hall–Kier alpha value is -0.160. The standard InChI is InChI=1S/C8H11Br2N3/c1-3-13(4-2)8-11-6(9)5-7(10)12-8/h5H,3-4H2,1-2H3. The highest BCUT2D eigenvalue weighted by molar-refractivity contribution is 9.11. The van der Waals surface area contributed by atoms with Gasteiger partial charge in [-0.2, -0.15) is 0 Å². The molecule has 1 aromatic rings. The van der Waals surface area contributed by atoms with Crippen molar-refractivity contribution in [2.75, 3.05) is 18.0 Å². The van der Waals surface area contributed by atoms with Crippen LogP contribution < -0.4 is 4.90 Å². The Morgan fingerprint density at radius 3 is 2.00 bits per heavy atom. The summed E-state index contributed by atoms with van der Waals surface area (Å²) in [5.74, 6) is 0.756. The van der Waals surface area contributed by atoms with Crippen molar-refractivity contribution in [3.8, 4) is 0 Å². The van der Waals surface area contributed by atoms with Crippen LogP contribution in [0.25, 0.3) is 0 Å². The van der Waals surface area contributed by atoms with Crippen molar-refractivity contribution in [2.24, 2.45) is 0 Å². The maximum atomic E-state index is 4.28. The molecule has 0 aliphatic heterocycles. The first-order chi connectivity index (χ1) is 6.17. The number of halogens is 2. The van der Waals surface area contributed by atoms with E-state index in [1.165, 1.54) is 0 Å². The molecule has 0 saturated heterocycles. The van der Waals surface area contributed by atoms with Gasteiger partial charge in [0.2, 0.25) is 5.95 Å². The minimum Gasteiger partial charge on any atom is -0.341 e. The zero-order valence-corrected chi connectivity index (χ0v) is 10.8. The molecular formula is C8H11Br2N3. The van der Waals surface area contributed by atoms with Gasteiger partial charge in [-0.3, -0.25) is 0 Å². The third-order valence-corrected chi connectivity index (χ3v) is 2.51. The van der Waals surface area contributed by atoms with Crippen LogP contribution in [0.4, 0.5) is 5.95 Å². The van der Waals surface area contributed by atoms with Crippen LogP contribution in [0.15, 0.2) is 15.3 Å². The highest BCUT2D eigenvalue weighted by atomic mass is 79.9. The number of rotatable bonds is 3. The van der Waals surface area contributed by atoms with E-state index < -0.39 is 0 Å². The number of hydrogen-bond acceptors (Lipinski definition) is 3. The Labute approximate surface area is 94.8 Å². The Morgan fingerprint density at radius 2 is 1.62 bits per heavy atom. The second kappa shape index (κ2) is 4.91. The van der Waals surface area contributed by atoms with Crippen LogP contribution in [0, 0.1) is 0 Å². The summed E-state index contributed by atoms with van der Waals surface area (Å²) in [6, 6.07) is 1.83. The normalized spacial score (nSPS) is 10.2. The fraction of sp³-hybridized carbons (Fsp3) is 0.500. The summed E-state index contributed by atoms with van der Waals surface area (Å²) < 4.78 is 1.60. The number of aromatic nitrogens is 2. The Morgan fingerprint density at radius 1 is 1.15 bits per heavy atom. The Kier molecular flexibility index (Phi) is 4.12. The van der Waals surface area contributed by atoms with E-state index in [1.807, 2.05) is 6.07 Å². The molecule has 0 bridgehead atoms. The third kappa shape index (κ3) is 2.91. The van der Waals surface area contributed by atoms with Crippen LogP contribution in [-0.2, 0) is 0 Å².